The lowest BCUT2D eigenvalue weighted by molar-refractivity contribution is -0.299. The number of ether oxygens (including phenoxy) is 4. The van der Waals surface area contributed by atoms with E-state index in [4.69, 9.17) is 18.9 Å². The van der Waals surface area contributed by atoms with E-state index >= 15 is 0 Å². The van der Waals surface area contributed by atoms with Gasteiger partial charge in [-0.1, -0.05) is 13.8 Å². The molecule has 0 radical (unpaired) electrons. The lowest BCUT2D eigenvalue weighted by Crippen LogP contribution is -2.59. The van der Waals surface area contributed by atoms with Gasteiger partial charge in [-0.05, 0) is 23.8 Å². The summed E-state index contributed by atoms with van der Waals surface area (Å²) in [6.07, 6.45) is -6.92. The number of hydrogen-bond acceptors (Lipinski definition) is 11. The number of carbonyl (C=O) groups excluding carboxylic acids is 1. The lowest BCUT2D eigenvalue weighted by Gasteiger charge is -2.40. The molecule has 1 aliphatic carbocycles. The van der Waals surface area contributed by atoms with Crippen molar-refractivity contribution in [1.82, 2.24) is 0 Å². The second-order valence-electron chi connectivity index (χ2n) is 9.13. The van der Waals surface area contributed by atoms with Crippen LogP contribution < -0.4 is 0 Å². The van der Waals surface area contributed by atoms with E-state index in [-0.39, 0.29) is 31.5 Å². The van der Waals surface area contributed by atoms with E-state index in [0.29, 0.717) is 12.0 Å². The second-order valence-corrected chi connectivity index (χ2v) is 9.13. The first kappa shape index (κ1) is 25.3. The van der Waals surface area contributed by atoms with Crippen LogP contribution in [-0.4, -0.2) is 99.5 Å². The molecule has 1 saturated carbocycles. The third-order valence-electron chi connectivity index (χ3n) is 6.39. The lowest BCUT2D eigenvalue weighted by atomic mass is 9.83. The maximum Gasteiger partial charge on any atom is 0.309 e. The molecule has 10 atom stereocenters. The fourth-order valence-corrected chi connectivity index (χ4v) is 4.65. The normalized spacial score (nSPS) is 41.7. The zero-order valence-electron chi connectivity index (χ0n) is 18.2. The molecular weight excluding hydrogens is 428 g/mol. The van der Waals surface area contributed by atoms with E-state index in [0.717, 1.165) is 0 Å². The molecule has 2 heterocycles. The number of aliphatic hydroxyl groups is 6. The third-order valence-corrected chi connectivity index (χ3v) is 6.39. The molecular formula is C21H34O11. The van der Waals surface area contributed by atoms with Crippen molar-refractivity contribution in [1.29, 1.82) is 0 Å². The molecule has 1 saturated heterocycles. The molecule has 11 nitrogen and oxygen atoms in total. The van der Waals surface area contributed by atoms with Crippen LogP contribution in [0.5, 0.6) is 0 Å². The molecule has 11 heteroatoms. The van der Waals surface area contributed by atoms with E-state index in [9.17, 15) is 35.4 Å². The highest BCUT2D eigenvalue weighted by Gasteiger charge is 2.52. The predicted molar refractivity (Wildman–Crippen MR) is 106 cm³/mol. The van der Waals surface area contributed by atoms with Crippen LogP contribution in [-0.2, 0) is 23.7 Å². The Hall–Kier alpha value is -1.31. The highest BCUT2D eigenvalue weighted by molar-refractivity contribution is 5.69. The molecule has 32 heavy (non-hydrogen) atoms. The van der Waals surface area contributed by atoms with Gasteiger partial charge in [0, 0.05) is 24.9 Å². The van der Waals surface area contributed by atoms with Gasteiger partial charge < -0.3 is 49.6 Å². The van der Waals surface area contributed by atoms with E-state index in [1.807, 2.05) is 13.8 Å². The summed E-state index contributed by atoms with van der Waals surface area (Å²) in [5, 5.41) is 59.5. The average molecular weight is 462 g/mol. The van der Waals surface area contributed by atoms with Crippen LogP contribution in [0.1, 0.15) is 26.7 Å². The molecule has 0 aromatic rings. The molecule has 3 rings (SSSR count). The number of esters is 1. The molecule has 2 aliphatic heterocycles. The largest absolute Gasteiger partial charge is 0.462 e. The van der Waals surface area contributed by atoms with Gasteiger partial charge in [0.15, 0.2) is 6.29 Å². The maximum absolute atomic E-state index is 12.2. The van der Waals surface area contributed by atoms with Gasteiger partial charge in [-0.25, -0.2) is 0 Å². The summed E-state index contributed by atoms with van der Waals surface area (Å²) in [7, 11) is 0. The Morgan fingerprint density at radius 3 is 2.44 bits per heavy atom. The first-order chi connectivity index (χ1) is 15.2. The highest BCUT2D eigenvalue weighted by atomic mass is 16.7. The minimum Gasteiger partial charge on any atom is -0.462 e. The fraction of sp³-hybridized carbons (Fsp3) is 0.857. The first-order valence-corrected chi connectivity index (χ1v) is 10.9. The number of fused-ring (bicyclic) bond motifs is 1. The molecule has 6 N–H and O–H groups in total. The van der Waals surface area contributed by atoms with Gasteiger partial charge in [-0.3, -0.25) is 4.79 Å². The standard InChI is InChI=1S/C21H34O11/c1-9(2)3-15(25)32-20-16-11(4-13(24)12(16)5-22)10(7-29-20)8-30-21-19(28)18(27)17(26)14(6-23)31-21/h7,9,11-14,16-24,26-28H,3-6,8H2,1-2H3. The number of rotatable bonds is 8. The zero-order valence-corrected chi connectivity index (χ0v) is 18.2. The van der Waals surface area contributed by atoms with Crippen LogP contribution >= 0.6 is 0 Å². The summed E-state index contributed by atoms with van der Waals surface area (Å²) in [4.78, 5) is 12.2. The van der Waals surface area contributed by atoms with E-state index in [1.54, 1.807) is 0 Å². The summed E-state index contributed by atoms with van der Waals surface area (Å²) in [6, 6.07) is 0. The Morgan fingerprint density at radius 2 is 1.81 bits per heavy atom. The van der Waals surface area contributed by atoms with Crippen LogP contribution in [0.3, 0.4) is 0 Å². The van der Waals surface area contributed by atoms with Crippen LogP contribution in [0.4, 0.5) is 0 Å². The second kappa shape index (κ2) is 10.7. The Bertz CT molecular complexity index is 666. The first-order valence-electron chi connectivity index (χ1n) is 10.9. The van der Waals surface area contributed by atoms with Crippen LogP contribution in [0.2, 0.25) is 0 Å². The van der Waals surface area contributed by atoms with E-state index < -0.39 is 67.5 Å². The number of hydrogen-bond donors (Lipinski definition) is 6. The van der Waals surface area contributed by atoms with Crippen molar-refractivity contribution in [3.8, 4) is 0 Å². The third kappa shape index (κ3) is 5.26. The Labute approximate surface area is 186 Å². The molecule has 0 bridgehead atoms. The maximum atomic E-state index is 12.2. The van der Waals surface area contributed by atoms with Gasteiger partial charge in [0.1, 0.15) is 24.4 Å². The zero-order chi connectivity index (χ0) is 23.6. The Morgan fingerprint density at radius 1 is 1.09 bits per heavy atom. The summed E-state index contributed by atoms with van der Waals surface area (Å²) in [5.74, 6) is -1.71. The fourth-order valence-electron chi connectivity index (χ4n) is 4.65. The monoisotopic (exact) mass is 462 g/mol. The quantitative estimate of drug-likeness (QED) is 0.225. The van der Waals surface area contributed by atoms with Gasteiger partial charge in [-0.2, -0.15) is 0 Å². The molecule has 0 spiro atoms. The molecule has 0 amide bonds. The summed E-state index contributed by atoms with van der Waals surface area (Å²) >= 11 is 0. The SMILES string of the molecule is CC(C)CC(=O)OC1OC=C(COC2OC(CO)C(O)C(O)C2O)C2CC(O)C(CO)C12. The summed E-state index contributed by atoms with van der Waals surface area (Å²) < 4.78 is 22.1. The van der Waals surface area contributed by atoms with Gasteiger partial charge in [0.2, 0.25) is 6.29 Å². The summed E-state index contributed by atoms with van der Waals surface area (Å²) in [6.45, 7) is 2.77. The van der Waals surface area contributed by atoms with Crippen molar-refractivity contribution in [2.75, 3.05) is 19.8 Å². The van der Waals surface area contributed by atoms with Crippen LogP contribution in [0.25, 0.3) is 0 Å². The van der Waals surface area contributed by atoms with E-state index in [2.05, 4.69) is 0 Å². The van der Waals surface area contributed by atoms with Crippen molar-refractivity contribution < 1.29 is 54.4 Å². The molecule has 0 aromatic heterocycles. The Kier molecular flexibility index (Phi) is 8.50. The molecule has 10 unspecified atom stereocenters. The predicted octanol–water partition coefficient (Wildman–Crippen LogP) is -1.76. The van der Waals surface area contributed by atoms with Gasteiger partial charge >= 0.3 is 5.97 Å². The number of aliphatic hydroxyl groups excluding tert-OH is 6. The average Bonchev–Trinajstić information content (AvgIpc) is 3.08. The Balaban J connectivity index is 1.70. The van der Waals surface area contributed by atoms with Crippen molar-refractivity contribution in [3.05, 3.63) is 11.8 Å². The topological polar surface area (TPSA) is 175 Å². The smallest absolute Gasteiger partial charge is 0.309 e. The number of carbonyl (C=O) groups is 1. The van der Waals surface area contributed by atoms with Crippen molar-refractivity contribution >= 4 is 5.97 Å². The minimum absolute atomic E-state index is 0.0998. The van der Waals surface area contributed by atoms with Crippen LogP contribution in [0, 0.1) is 23.7 Å². The molecule has 184 valence electrons. The highest BCUT2D eigenvalue weighted by Crippen LogP contribution is 2.47. The summed E-state index contributed by atoms with van der Waals surface area (Å²) in [5.41, 5.74) is 0.595. The van der Waals surface area contributed by atoms with Gasteiger partial charge in [0.25, 0.3) is 0 Å². The van der Waals surface area contributed by atoms with E-state index in [1.165, 1.54) is 6.26 Å². The van der Waals surface area contributed by atoms with Crippen molar-refractivity contribution in [3.63, 3.8) is 0 Å². The van der Waals surface area contributed by atoms with Crippen molar-refractivity contribution in [2.24, 2.45) is 23.7 Å². The minimum atomic E-state index is -1.56. The van der Waals surface area contributed by atoms with Crippen molar-refractivity contribution in [2.45, 2.75) is 69.8 Å². The van der Waals surface area contributed by atoms with Gasteiger partial charge in [-0.15, -0.1) is 0 Å². The molecule has 0 aromatic carbocycles. The van der Waals surface area contributed by atoms with Crippen LogP contribution in [0.15, 0.2) is 11.8 Å². The molecule has 3 aliphatic rings. The van der Waals surface area contributed by atoms with Gasteiger partial charge in [0.05, 0.1) is 25.6 Å². The molecule has 2 fully saturated rings.